The van der Waals surface area contributed by atoms with Gasteiger partial charge in [0, 0.05) is 30.2 Å². The molecule has 5 nitrogen and oxygen atoms in total. The molecule has 1 amide bonds. The Balaban J connectivity index is 1.92. The predicted octanol–water partition coefficient (Wildman–Crippen LogP) is 2.49. The molecule has 0 spiro atoms. The van der Waals surface area contributed by atoms with Crippen LogP contribution in [0.25, 0.3) is 5.69 Å². The molecule has 1 aliphatic heterocycles. The van der Waals surface area contributed by atoms with Crippen LogP contribution in [0.4, 0.5) is 4.39 Å². The molecule has 1 aliphatic rings. The van der Waals surface area contributed by atoms with E-state index in [4.69, 9.17) is 0 Å². The van der Waals surface area contributed by atoms with Crippen LogP contribution in [0.5, 0.6) is 0 Å². The molecule has 1 saturated heterocycles. The van der Waals surface area contributed by atoms with Gasteiger partial charge in [-0.1, -0.05) is 0 Å². The Morgan fingerprint density at radius 1 is 1.24 bits per heavy atom. The highest BCUT2D eigenvalue weighted by Crippen LogP contribution is 2.24. The summed E-state index contributed by atoms with van der Waals surface area (Å²) in [6, 6.07) is 7.59. The smallest absolute Gasteiger partial charge is 0.255 e. The summed E-state index contributed by atoms with van der Waals surface area (Å²) in [5.74, 6) is -0.358. The van der Waals surface area contributed by atoms with Crippen LogP contribution in [0.1, 0.15) is 28.2 Å². The quantitative estimate of drug-likeness (QED) is 0.841. The highest BCUT2D eigenvalue weighted by atomic mass is 32.2. The first-order valence-corrected chi connectivity index (χ1v) is 9.94. The van der Waals surface area contributed by atoms with E-state index in [1.165, 1.54) is 17.0 Å². The van der Waals surface area contributed by atoms with Gasteiger partial charge < -0.3 is 9.47 Å². The molecule has 1 aromatic heterocycles. The molecule has 0 N–H and O–H groups in total. The molecule has 0 aliphatic carbocycles. The SMILES string of the molecule is Cc1cc(C(=O)N(C)C2CCS(=O)(=O)C2)c(C)n1-c1ccc(F)cc1. The first-order valence-electron chi connectivity index (χ1n) is 8.12. The van der Waals surface area contributed by atoms with Gasteiger partial charge in [0.05, 0.1) is 17.1 Å². The van der Waals surface area contributed by atoms with Crippen molar-refractivity contribution < 1.29 is 17.6 Å². The molecule has 0 radical (unpaired) electrons. The number of rotatable bonds is 3. The third kappa shape index (κ3) is 3.33. The number of aromatic nitrogens is 1. The zero-order chi connectivity index (χ0) is 18.4. The number of carbonyl (C=O) groups is 1. The molecule has 0 bridgehead atoms. The van der Waals surface area contributed by atoms with Gasteiger partial charge in [0.1, 0.15) is 5.82 Å². The average molecular weight is 364 g/mol. The number of hydrogen-bond acceptors (Lipinski definition) is 3. The molecule has 1 unspecified atom stereocenters. The van der Waals surface area contributed by atoms with Crippen molar-refractivity contribution in [3.05, 3.63) is 53.1 Å². The van der Waals surface area contributed by atoms with E-state index >= 15 is 0 Å². The van der Waals surface area contributed by atoms with E-state index in [1.807, 2.05) is 18.4 Å². The van der Waals surface area contributed by atoms with E-state index < -0.39 is 9.84 Å². The van der Waals surface area contributed by atoms with Crippen molar-refractivity contribution in [3.63, 3.8) is 0 Å². The van der Waals surface area contributed by atoms with Crippen molar-refractivity contribution in [2.75, 3.05) is 18.6 Å². The van der Waals surface area contributed by atoms with Gasteiger partial charge in [-0.3, -0.25) is 4.79 Å². The summed E-state index contributed by atoms with van der Waals surface area (Å²) in [5, 5.41) is 0. The lowest BCUT2D eigenvalue weighted by atomic mass is 10.1. The molecule has 2 aromatic rings. The maximum atomic E-state index is 13.2. The summed E-state index contributed by atoms with van der Waals surface area (Å²) in [6.45, 7) is 3.72. The number of nitrogens with zero attached hydrogens (tertiary/aromatic N) is 2. The molecular weight excluding hydrogens is 343 g/mol. The fourth-order valence-electron chi connectivity index (χ4n) is 3.40. The predicted molar refractivity (Wildman–Crippen MR) is 94.4 cm³/mol. The highest BCUT2D eigenvalue weighted by Gasteiger charge is 2.34. The van der Waals surface area contributed by atoms with Crippen LogP contribution >= 0.6 is 0 Å². The standard InChI is InChI=1S/C18H21FN2O3S/c1-12-10-17(13(2)21(12)15-6-4-14(19)5-7-15)18(22)20(3)16-8-9-25(23,24)11-16/h4-7,10,16H,8-9,11H2,1-3H3. The van der Waals surface area contributed by atoms with E-state index in [0.29, 0.717) is 12.0 Å². The number of benzene rings is 1. The van der Waals surface area contributed by atoms with Crippen LogP contribution < -0.4 is 0 Å². The number of amides is 1. The summed E-state index contributed by atoms with van der Waals surface area (Å²) in [5.41, 5.74) is 2.93. The van der Waals surface area contributed by atoms with Crippen molar-refractivity contribution in [2.45, 2.75) is 26.3 Å². The molecule has 2 heterocycles. The molecule has 7 heteroatoms. The molecule has 3 rings (SSSR count). The zero-order valence-electron chi connectivity index (χ0n) is 14.5. The fraction of sp³-hybridized carbons (Fsp3) is 0.389. The largest absolute Gasteiger partial charge is 0.338 e. The maximum absolute atomic E-state index is 13.2. The topological polar surface area (TPSA) is 59.4 Å². The molecule has 25 heavy (non-hydrogen) atoms. The van der Waals surface area contributed by atoms with Gasteiger partial charge >= 0.3 is 0 Å². The normalized spacial score (nSPS) is 19.1. The lowest BCUT2D eigenvalue weighted by Crippen LogP contribution is -2.38. The van der Waals surface area contributed by atoms with Crippen molar-refractivity contribution >= 4 is 15.7 Å². The first-order chi connectivity index (χ1) is 11.7. The van der Waals surface area contributed by atoms with Crippen LogP contribution in [0.15, 0.2) is 30.3 Å². The lowest BCUT2D eigenvalue weighted by molar-refractivity contribution is 0.0747. The van der Waals surface area contributed by atoms with Crippen molar-refractivity contribution in [1.82, 2.24) is 9.47 Å². The Morgan fingerprint density at radius 2 is 1.88 bits per heavy atom. The van der Waals surface area contributed by atoms with Crippen LogP contribution in [0.2, 0.25) is 0 Å². The summed E-state index contributed by atoms with van der Waals surface area (Å²) >= 11 is 0. The fourth-order valence-corrected chi connectivity index (χ4v) is 5.18. The van der Waals surface area contributed by atoms with Gasteiger partial charge in [-0.25, -0.2) is 12.8 Å². The molecule has 134 valence electrons. The minimum atomic E-state index is -3.05. The summed E-state index contributed by atoms with van der Waals surface area (Å²) < 4.78 is 38.4. The van der Waals surface area contributed by atoms with E-state index in [9.17, 15) is 17.6 Å². The second kappa shape index (κ2) is 6.29. The molecule has 1 fully saturated rings. The van der Waals surface area contributed by atoms with Crippen LogP contribution in [0, 0.1) is 19.7 Å². The zero-order valence-corrected chi connectivity index (χ0v) is 15.3. The van der Waals surface area contributed by atoms with Gasteiger partial charge in [-0.05, 0) is 50.6 Å². The molecule has 1 atom stereocenters. The van der Waals surface area contributed by atoms with Crippen molar-refractivity contribution in [2.24, 2.45) is 0 Å². The molecular formula is C18H21FN2O3S. The number of carbonyl (C=O) groups excluding carboxylic acids is 1. The van der Waals surface area contributed by atoms with Crippen LogP contribution in [-0.4, -0.2) is 48.4 Å². The molecule has 1 aromatic carbocycles. The van der Waals surface area contributed by atoms with Gasteiger partial charge in [-0.2, -0.15) is 0 Å². The highest BCUT2D eigenvalue weighted by molar-refractivity contribution is 7.91. The first kappa shape index (κ1) is 17.7. The van der Waals surface area contributed by atoms with Gasteiger partial charge in [-0.15, -0.1) is 0 Å². The third-order valence-electron chi connectivity index (χ3n) is 4.82. The van der Waals surface area contributed by atoms with Crippen LogP contribution in [-0.2, 0) is 9.84 Å². The number of aryl methyl sites for hydroxylation is 1. The van der Waals surface area contributed by atoms with Crippen molar-refractivity contribution in [1.29, 1.82) is 0 Å². The second-order valence-electron chi connectivity index (χ2n) is 6.57. The Kier molecular flexibility index (Phi) is 4.45. The third-order valence-corrected chi connectivity index (χ3v) is 6.57. The van der Waals surface area contributed by atoms with E-state index in [2.05, 4.69) is 0 Å². The Morgan fingerprint density at radius 3 is 2.44 bits per heavy atom. The van der Waals surface area contributed by atoms with Gasteiger partial charge in [0.25, 0.3) is 5.91 Å². The summed E-state index contributed by atoms with van der Waals surface area (Å²) in [7, 11) is -1.40. The lowest BCUT2D eigenvalue weighted by Gasteiger charge is -2.23. The summed E-state index contributed by atoms with van der Waals surface area (Å²) in [6.07, 6.45) is 0.473. The number of hydrogen-bond donors (Lipinski definition) is 0. The van der Waals surface area contributed by atoms with Gasteiger partial charge in [0.2, 0.25) is 0 Å². The van der Waals surface area contributed by atoms with Gasteiger partial charge in [0.15, 0.2) is 9.84 Å². The monoisotopic (exact) mass is 364 g/mol. The Labute approximate surface area is 147 Å². The van der Waals surface area contributed by atoms with Crippen LogP contribution in [0.3, 0.4) is 0 Å². The van der Waals surface area contributed by atoms with E-state index in [1.54, 1.807) is 25.2 Å². The Bertz CT molecular complexity index is 917. The Hall–Kier alpha value is -2.15. The van der Waals surface area contributed by atoms with E-state index in [0.717, 1.165) is 17.1 Å². The number of halogens is 1. The second-order valence-corrected chi connectivity index (χ2v) is 8.80. The number of sulfone groups is 1. The minimum Gasteiger partial charge on any atom is -0.338 e. The molecule has 0 saturated carbocycles. The summed E-state index contributed by atoms with van der Waals surface area (Å²) in [4.78, 5) is 14.4. The van der Waals surface area contributed by atoms with Crippen molar-refractivity contribution in [3.8, 4) is 5.69 Å². The maximum Gasteiger partial charge on any atom is 0.255 e. The van der Waals surface area contributed by atoms with E-state index in [-0.39, 0.29) is 29.3 Å². The average Bonchev–Trinajstić information content (AvgIpc) is 3.06. The minimum absolute atomic E-state index is 0.0198.